The van der Waals surface area contributed by atoms with Crippen LogP contribution in [0.2, 0.25) is 0 Å². The molecule has 0 radical (unpaired) electrons. The predicted molar refractivity (Wildman–Crippen MR) is 88.7 cm³/mol. The molecule has 0 saturated carbocycles. The van der Waals surface area contributed by atoms with Crippen molar-refractivity contribution in [3.63, 3.8) is 0 Å². The molecular formula is C17H21O5P. The van der Waals surface area contributed by atoms with Crippen LogP contribution in [0.4, 0.5) is 0 Å². The van der Waals surface area contributed by atoms with E-state index in [0.717, 1.165) is 5.56 Å². The van der Waals surface area contributed by atoms with Gasteiger partial charge in [0, 0.05) is 0 Å². The van der Waals surface area contributed by atoms with Crippen LogP contribution in [0.25, 0.3) is 0 Å². The Morgan fingerprint density at radius 3 is 2.22 bits per heavy atom. The summed E-state index contributed by atoms with van der Waals surface area (Å²) in [5.74, 6) is 0.704. The Hall–Kier alpha value is -1.65. The van der Waals surface area contributed by atoms with Crippen LogP contribution in [-0.2, 0) is 20.4 Å². The standard InChI is InChI=1S/C17H21O5P/c18-23(19,14-13-20-15-16-7-3-1-4-8-16)22-12-11-21-17-9-5-2-6-10-17/h1-10H,11-15H2,(H,18,19). The van der Waals surface area contributed by atoms with Gasteiger partial charge >= 0.3 is 7.60 Å². The molecule has 2 aromatic rings. The van der Waals surface area contributed by atoms with Crippen LogP contribution in [0.15, 0.2) is 60.7 Å². The van der Waals surface area contributed by atoms with Crippen molar-refractivity contribution in [3.05, 3.63) is 66.2 Å². The van der Waals surface area contributed by atoms with Crippen LogP contribution in [0.1, 0.15) is 5.56 Å². The van der Waals surface area contributed by atoms with E-state index in [0.29, 0.717) is 12.4 Å². The van der Waals surface area contributed by atoms with Crippen molar-refractivity contribution in [1.29, 1.82) is 0 Å². The lowest BCUT2D eigenvalue weighted by Gasteiger charge is -2.13. The molecule has 0 aliphatic rings. The second-order valence-corrected chi connectivity index (χ2v) is 6.87. The number of rotatable bonds is 10. The molecule has 0 fully saturated rings. The molecule has 2 rings (SSSR count). The summed E-state index contributed by atoms with van der Waals surface area (Å²) in [5.41, 5.74) is 1.03. The predicted octanol–water partition coefficient (Wildman–Crippen LogP) is 3.48. The van der Waals surface area contributed by atoms with Crippen LogP contribution in [0, 0.1) is 0 Å². The first-order valence-electron chi connectivity index (χ1n) is 7.42. The summed E-state index contributed by atoms with van der Waals surface area (Å²) in [6.45, 7) is 0.862. The molecule has 6 heteroatoms. The van der Waals surface area contributed by atoms with Crippen molar-refractivity contribution >= 4 is 7.60 Å². The van der Waals surface area contributed by atoms with E-state index in [1.54, 1.807) is 0 Å². The molecule has 1 unspecified atom stereocenters. The van der Waals surface area contributed by atoms with E-state index in [-0.39, 0.29) is 26.0 Å². The van der Waals surface area contributed by atoms with Gasteiger partial charge in [0.05, 0.1) is 26.0 Å². The summed E-state index contributed by atoms with van der Waals surface area (Å²) in [6.07, 6.45) is -0.0365. The molecule has 124 valence electrons. The lowest BCUT2D eigenvalue weighted by atomic mass is 10.2. The van der Waals surface area contributed by atoms with Gasteiger partial charge in [0.1, 0.15) is 12.4 Å². The van der Waals surface area contributed by atoms with Crippen molar-refractivity contribution in [1.82, 2.24) is 0 Å². The van der Waals surface area contributed by atoms with Gasteiger partial charge in [-0.25, -0.2) is 0 Å². The third-order valence-corrected chi connectivity index (χ3v) is 4.35. The normalized spacial score (nSPS) is 13.4. The first-order chi connectivity index (χ1) is 11.2. The van der Waals surface area contributed by atoms with E-state index in [1.165, 1.54) is 0 Å². The van der Waals surface area contributed by atoms with Gasteiger partial charge in [-0.2, -0.15) is 0 Å². The number of hydrogen-bond acceptors (Lipinski definition) is 4. The van der Waals surface area contributed by atoms with Crippen LogP contribution in [0.5, 0.6) is 5.75 Å². The highest BCUT2D eigenvalue weighted by Crippen LogP contribution is 2.41. The summed E-state index contributed by atoms with van der Waals surface area (Å²) in [5, 5.41) is 0. The molecule has 1 N–H and O–H groups in total. The van der Waals surface area contributed by atoms with Gasteiger partial charge in [-0.1, -0.05) is 48.5 Å². The fourth-order valence-electron chi connectivity index (χ4n) is 1.86. The van der Waals surface area contributed by atoms with E-state index in [2.05, 4.69) is 0 Å². The third-order valence-electron chi connectivity index (χ3n) is 3.02. The van der Waals surface area contributed by atoms with Gasteiger partial charge < -0.3 is 18.9 Å². The topological polar surface area (TPSA) is 65.0 Å². The van der Waals surface area contributed by atoms with Crippen molar-refractivity contribution in [2.24, 2.45) is 0 Å². The van der Waals surface area contributed by atoms with Crippen molar-refractivity contribution in [3.8, 4) is 5.75 Å². The lowest BCUT2D eigenvalue weighted by molar-refractivity contribution is 0.128. The molecule has 0 bridgehead atoms. The van der Waals surface area contributed by atoms with Crippen molar-refractivity contribution in [2.75, 3.05) is 26.0 Å². The van der Waals surface area contributed by atoms with E-state index in [4.69, 9.17) is 14.0 Å². The van der Waals surface area contributed by atoms with Crippen molar-refractivity contribution < 1.29 is 23.5 Å². The fourth-order valence-corrected chi connectivity index (χ4v) is 2.71. The van der Waals surface area contributed by atoms with Crippen molar-refractivity contribution in [2.45, 2.75) is 6.61 Å². The van der Waals surface area contributed by atoms with Gasteiger partial charge in [-0.15, -0.1) is 0 Å². The van der Waals surface area contributed by atoms with Crippen LogP contribution >= 0.6 is 7.60 Å². The summed E-state index contributed by atoms with van der Waals surface area (Å²) in [4.78, 5) is 9.71. The summed E-state index contributed by atoms with van der Waals surface area (Å²) < 4.78 is 27.6. The van der Waals surface area contributed by atoms with Crippen LogP contribution in [0.3, 0.4) is 0 Å². The molecule has 0 spiro atoms. The number of para-hydroxylation sites is 1. The van der Waals surface area contributed by atoms with E-state index < -0.39 is 7.60 Å². The van der Waals surface area contributed by atoms with Crippen LogP contribution in [-0.4, -0.2) is 30.9 Å². The minimum atomic E-state index is -3.64. The first-order valence-corrected chi connectivity index (χ1v) is 9.18. The Kier molecular flexibility index (Phi) is 7.30. The summed E-state index contributed by atoms with van der Waals surface area (Å²) in [7, 11) is -3.64. The van der Waals surface area contributed by atoms with Crippen LogP contribution < -0.4 is 4.74 Å². The molecule has 5 nitrogen and oxygen atoms in total. The Bertz CT molecular complexity index is 551. The largest absolute Gasteiger partial charge is 0.491 e. The molecule has 23 heavy (non-hydrogen) atoms. The Morgan fingerprint density at radius 2 is 1.52 bits per heavy atom. The number of ether oxygens (including phenoxy) is 2. The Morgan fingerprint density at radius 1 is 0.870 bits per heavy atom. The molecule has 0 aromatic heterocycles. The maximum Gasteiger partial charge on any atom is 0.330 e. The lowest BCUT2D eigenvalue weighted by Crippen LogP contribution is -2.09. The van der Waals surface area contributed by atoms with E-state index >= 15 is 0 Å². The molecule has 0 saturated heterocycles. The average molecular weight is 336 g/mol. The fraction of sp³-hybridized carbons (Fsp3) is 0.294. The van der Waals surface area contributed by atoms with E-state index in [9.17, 15) is 9.46 Å². The second kappa shape index (κ2) is 9.48. The maximum atomic E-state index is 11.8. The van der Waals surface area contributed by atoms with Gasteiger partial charge in [-0.05, 0) is 17.7 Å². The molecule has 1 atom stereocenters. The molecule has 0 heterocycles. The third kappa shape index (κ3) is 7.44. The quantitative estimate of drug-likeness (QED) is 0.531. The molecular weight excluding hydrogens is 315 g/mol. The SMILES string of the molecule is O=P(O)(CCOCc1ccccc1)OCCOc1ccccc1. The average Bonchev–Trinajstić information content (AvgIpc) is 2.58. The summed E-state index contributed by atoms with van der Waals surface area (Å²) in [6, 6.07) is 18.9. The highest BCUT2D eigenvalue weighted by Gasteiger charge is 2.18. The molecule has 0 aliphatic carbocycles. The van der Waals surface area contributed by atoms with Gasteiger partial charge in [0.15, 0.2) is 0 Å². The summed E-state index contributed by atoms with van der Waals surface area (Å²) >= 11 is 0. The molecule has 2 aromatic carbocycles. The first kappa shape index (κ1) is 17.7. The second-order valence-electron chi connectivity index (χ2n) is 4.89. The number of benzene rings is 2. The molecule has 0 aliphatic heterocycles. The zero-order valence-corrected chi connectivity index (χ0v) is 13.7. The minimum Gasteiger partial charge on any atom is -0.491 e. The minimum absolute atomic E-state index is 0.0365. The number of hydrogen-bond donors (Lipinski definition) is 1. The highest BCUT2D eigenvalue weighted by atomic mass is 31.2. The van der Waals surface area contributed by atoms with E-state index in [1.807, 2.05) is 60.7 Å². The Labute approximate surface area is 136 Å². The molecule has 0 amide bonds. The zero-order chi connectivity index (χ0) is 16.4. The smallest absolute Gasteiger partial charge is 0.330 e. The van der Waals surface area contributed by atoms with Gasteiger partial charge in [0.2, 0.25) is 0 Å². The maximum absolute atomic E-state index is 11.8. The highest BCUT2D eigenvalue weighted by molar-refractivity contribution is 7.52. The monoisotopic (exact) mass is 336 g/mol. The Balaban J connectivity index is 1.58. The van der Waals surface area contributed by atoms with Gasteiger partial charge in [0.25, 0.3) is 0 Å². The van der Waals surface area contributed by atoms with Gasteiger partial charge in [-0.3, -0.25) is 4.57 Å². The zero-order valence-electron chi connectivity index (χ0n) is 12.8.